The molecule has 102 valence electrons. The van der Waals surface area contributed by atoms with E-state index >= 15 is 0 Å². The van der Waals surface area contributed by atoms with Gasteiger partial charge in [-0.1, -0.05) is 41.4 Å². The first-order valence-electron chi connectivity index (χ1n) is 5.99. The lowest BCUT2D eigenvalue weighted by Gasteiger charge is -2.26. The number of halogens is 2. The fourth-order valence-corrected chi connectivity index (χ4v) is 3.48. The van der Waals surface area contributed by atoms with Crippen LogP contribution in [0.2, 0.25) is 10.0 Å². The average Bonchev–Trinajstić information content (AvgIpc) is 2.80. The van der Waals surface area contributed by atoms with Crippen LogP contribution in [-0.4, -0.2) is 18.5 Å². The normalized spacial score (nSPS) is 12.9. The Bertz CT molecular complexity index is 542. The fraction of sp³-hybridized carbons (Fsp3) is 0.286. The highest BCUT2D eigenvalue weighted by atomic mass is 35.5. The van der Waals surface area contributed by atoms with Crippen LogP contribution in [-0.2, 0) is 6.54 Å². The second-order valence-corrected chi connectivity index (χ2v) is 6.21. The van der Waals surface area contributed by atoms with Crippen LogP contribution < -0.4 is 5.73 Å². The molecule has 0 aliphatic carbocycles. The quantitative estimate of drug-likeness (QED) is 0.896. The molecule has 1 unspecified atom stereocenters. The maximum absolute atomic E-state index is 6.19. The van der Waals surface area contributed by atoms with Gasteiger partial charge in [-0.05, 0) is 24.7 Å². The molecule has 2 rings (SSSR count). The first kappa shape index (κ1) is 14.8. The molecule has 1 aromatic carbocycles. The zero-order valence-corrected chi connectivity index (χ0v) is 13.0. The monoisotopic (exact) mass is 314 g/mol. The van der Waals surface area contributed by atoms with Gasteiger partial charge in [-0.3, -0.25) is 4.90 Å². The van der Waals surface area contributed by atoms with Gasteiger partial charge in [0.25, 0.3) is 0 Å². The van der Waals surface area contributed by atoms with E-state index in [1.165, 1.54) is 4.88 Å². The van der Waals surface area contributed by atoms with Crippen molar-refractivity contribution in [1.82, 2.24) is 4.90 Å². The molecule has 2 aromatic rings. The van der Waals surface area contributed by atoms with Gasteiger partial charge in [0.05, 0.1) is 11.1 Å². The Balaban J connectivity index is 2.13. The molecule has 1 atom stereocenters. The van der Waals surface area contributed by atoms with E-state index < -0.39 is 0 Å². The van der Waals surface area contributed by atoms with Gasteiger partial charge in [0.1, 0.15) is 0 Å². The summed E-state index contributed by atoms with van der Waals surface area (Å²) in [6, 6.07) is 10.0. The summed E-state index contributed by atoms with van der Waals surface area (Å²) < 4.78 is 0. The maximum atomic E-state index is 6.19. The van der Waals surface area contributed by atoms with Crippen LogP contribution in [0.15, 0.2) is 35.7 Å². The van der Waals surface area contributed by atoms with Gasteiger partial charge in [-0.15, -0.1) is 11.3 Å². The van der Waals surface area contributed by atoms with E-state index in [4.69, 9.17) is 28.9 Å². The van der Waals surface area contributed by atoms with Gasteiger partial charge in [0.15, 0.2) is 0 Å². The highest BCUT2D eigenvalue weighted by Crippen LogP contribution is 2.29. The van der Waals surface area contributed by atoms with Crippen molar-refractivity contribution in [3.8, 4) is 0 Å². The Morgan fingerprint density at radius 2 is 2.05 bits per heavy atom. The van der Waals surface area contributed by atoms with Crippen LogP contribution in [0, 0.1) is 0 Å². The predicted molar refractivity (Wildman–Crippen MR) is 84.0 cm³/mol. The van der Waals surface area contributed by atoms with E-state index in [0.29, 0.717) is 6.54 Å². The third-order valence-corrected chi connectivity index (χ3v) is 4.80. The summed E-state index contributed by atoms with van der Waals surface area (Å²) in [5.41, 5.74) is 7.00. The molecule has 0 radical (unpaired) electrons. The molecule has 0 fully saturated rings. The molecule has 0 saturated carbocycles. The van der Waals surface area contributed by atoms with Crippen LogP contribution in [0.3, 0.4) is 0 Å². The lowest BCUT2D eigenvalue weighted by atomic mass is 10.1. The zero-order valence-electron chi connectivity index (χ0n) is 10.6. The number of hydrogen-bond acceptors (Lipinski definition) is 3. The number of likely N-dealkylation sites (N-methyl/N-ethyl adjacent to an activating group) is 1. The molecule has 0 aliphatic heterocycles. The van der Waals surface area contributed by atoms with Crippen molar-refractivity contribution in [2.24, 2.45) is 5.73 Å². The van der Waals surface area contributed by atoms with E-state index in [0.717, 1.165) is 22.2 Å². The smallest absolute Gasteiger partial charge is 0.0565 e. The van der Waals surface area contributed by atoms with Crippen molar-refractivity contribution in [3.05, 3.63) is 56.2 Å². The lowest BCUT2D eigenvalue weighted by Crippen LogP contribution is -2.29. The van der Waals surface area contributed by atoms with Gasteiger partial charge >= 0.3 is 0 Å². The minimum absolute atomic E-state index is 0.161. The molecular weight excluding hydrogens is 299 g/mol. The van der Waals surface area contributed by atoms with Crippen LogP contribution in [0.5, 0.6) is 0 Å². The van der Waals surface area contributed by atoms with E-state index in [1.54, 1.807) is 11.3 Å². The Morgan fingerprint density at radius 3 is 2.63 bits per heavy atom. The summed E-state index contributed by atoms with van der Waals surface area (Å²) in [6.07, 6.45) is 0. The van der Waals surface area contributed by atoms with Crippen LogP contribution in [0.25, 0.3) is 0 Å². The summed E-state index contributed by atoms with van der Waals surface area (Å²) in [5.74, 6) is 0. The van der Waals surface area contributed by atoms with Gasteiger partial charge in [0, 0.05) is 28.4 Å². The topological polar surface area (TPSA) is 29.3 Å². The molecule has 0 spiro atoms. The highest BCUT2D eigenvalue weighted by molar-refractivity contribution is 7.10. The predicted octanol–water partition coefficient (Wildman–Crippen LogP) is 4.19. The molecule has 19 heavy (non-hydrogen) atoms. The number of hydrogen-bond donors (Lipinski definition) is 1. The molecule has 2 N–H and O–H groups in total. The second kappa shape index (κ2) is 6.73. The third-order valence-electron chi connectivity index (χ3n) is 3.05. The van der Waals surface area contributed by atoms with Crippen LogP contribution >= 0.6 is 34.5 Å². The Kier molecular flexibility index (Phi) is 5.25. The van der Waals surface area contributed by atoms with Crippen molar-refractivity contribution in [2.45, 2.75) is 12.6 Å². The summed E-state index contributed by atoms with van der Waals surface area (Å²) in [6.45, 7) is 1.31. The lowest BCUT2D eigenvalue weighted by molar-refractivity contribution is 0.245. The molecule has 5 heteroatoms. The Morgan fingerprint density at radius 1 is 1.32 bits per heavy atom. The van der Waals surface area contributed by atoms with Crippen molar-refractivity contribution in [2.75, 3.05) is 13.6 Å². The number of thiophene rings is 1. The standard InChI is InChI=1S/C14H16Cl2N2S/c1-18(8-10-4-2-3-5-12(10)16)13(7-17)14-6-11(15)9-19-14/h2-6,9,13H,7-8,17H2,1H3. The van der Waals surface area contributed by atoms with Gasteiger partial charge in [-0.2, -0.15) is 0 Å². The van der Waals surface area contributed by atoms with Crippen molar-refractivity contribution in [1.29, 1.82) is 0 Å². The number of rotatable bonds is 5. The minimum Gasteiger partial charge on any atom is -0.329 e. The van der Waals surface area contributed by atoms with Gasteiger partial charge < -0.3 is 5.73 Å². The summed E-state index contributed by atoms with van der Waals surface area (Å²) in [5, 5.41) is 3.49. The van der Waals surface area contributed by atoms with E-state index in [1.807, 2.05) is 35.7 Å². The number of nitrogens with two attached hydrogens (primary N) is 1. The van der Waals surface area contributed by atoms with Gasteiger partial charge in [0.2, 0.25) is 0 Å². The maximum Gasteiger partial charge on any atom is 0.0565 e. The summed E-state index contributed by atoms with van der Waals surface area (Å²) >= 11 is 13.8. The first-order chi connectivity index (χ1) is 9.11. The van der Waals surface area contributed by atoms with E-state index in [9.17, 15) is 0 Å². The largest absolute Gasteiger partial charge is 0.329 e. The molecule has 2 nitrogen and oxygen atoms in total. The van der Waals surface area contributed by atoms with Crippen molar-refractivity contribution < 1.29 is 0 Å². The third kappa shape index (κ3) is 3.71. The summed E-state index contributed by atoms with van der Waals surface area (Å²) in [7, 11) is 2.05. The number of benzene rings is 1. The van der Waals surface area contributed by atoms with Crippen LogP contribution in [0.1, 0.15) is 16.5 Å². The minimum atomic E-state index is 0.161. The number of nitrogens with zero attached hydrogens (tertiary/aromatic N) is 1. The molecule has 1 heterocycles. The molecule has 1 aromatic heterocycles. The van der Waals surface area contributed by atoms with Crippen LogP contribution in [0.4, 0.5) is 0 Å². The zero-order chi connectivity index (χ0) is 13.8. The van der Waals surface area contributed by atoms with E-state index in [-0.39, 0.29) is 6.04 Å². The molecular formula is C14H16Cl2N2S. The SMILES string of the molecule is CN(Cc1ccccc1Cl)C(CN)c1cc(Cl)cs1. The molecule has 0 bridgehead atoms. The fourth-order valence-electron chi connectivity index (χ4n) is 2.02. The molecule has 0 saturated heterocycles. The average molecular weight is 315 g/mol. The Hall–Kier alpha value is -0.580. The second-order valence-electron chi connectivity index (χ2n) is 4.43. The highest BCUT2D eigenvalue weighted by Gasteiger charge is 2.18. The van der Waals surface area contributed by atoms with Crippen molar-refractivity contribution in [3.63, 3.8) is 0 Å². The van der Waals surface area contributed by atoms with E-state index in [2.05, 4.69) is 11.9 Å². The van der Waals surface area contributed by atoms with Gasteiger partial charge in [-0.25, -0.2) is 0 Å². The molecule has 0 amide bonds. The summed E-state index contributed by atoms with van der Waals surface area (Å²) in [4.78, 5) is 3.38. The molecule has 0 aliphatic rings. The Labute approximate surface area is 127 Å². The van der Waals surface area contributed by atoms with Crippen molar-refractivity contribution >= 4 is 34.5 Å². The first-order valence-corrected chi connectivity index (χ1v) is 7.63.